The highest BCUT2D eigenvalue weighted by atomic mass is 32.2. The lowest BCUT2D eigenvalue weighted by atomic mass is 9.86. The van der Waals surface area contributed by atoms with Crippen LogP contribution in [0.15, 0.2) is 122 Å². The van der Waals surface area contributed by atoms with Crippen LogP contribution in [0.3, 0.4) is 0 Å². The number of carbonyl (C=O) groups excluding carboxylic acids is 2. The molecule has 1 fully saturated rings. The van der Waals surface area contributed by atoms with E-state index in [1.807, 2.05) is 34.6 Å². The average Bonchev–Trinajstić information content (AvgIpc) is 3.37. The van der Waals surface area contributed by atoms with Crippen molar-refractivity contribution in [3.8, 4) is 0 Å². The number of unbranched alkanes of at least 4 members (excludes halogenated alkanes) is 2. The highest BCUT2D eigenvalue weighted by molar-refractivity contribution is 7.86. The van der Waals surface area contributed by atoms with E-state index in [0.29, 0.717) is 44.4 Å². The lowest BCUT2D eigenvalue weighted by Gasteiger charge is -2.24. The first-order chi connectivity index (χ1) is 37.4. The maximum Gasteiger partial charge on any atom is 0.330 e. The second kappa shape index (κ2) is 37.3. The number of nitrogens with two attached hydrogens (primary N) is 1. The molecular weight excluding hydrogens is 1120 g/mol. The number of aryl methyl sites for hydroxylation is 4. The third-order valence-corrected chi connectivity index (χ3v) is 15.1. The van der Waals surface area contributed by atoms with E-state index in [1.165, 1.54) is 54.7 Å². The molecule has 0 radical (unpaired) electrons. The van der Waals surface area contributed by atoms with Crippen molar-refractivity contribution in [3.05, 3.63) is 119 Å². The number of carbonyl (C=O) groups is 2. The van der Waals surface area contributed by atoms with E-state index in [-0.39, 0.29) is 31.5 Å². The summed E-state index contributed by atoms with van der Waals surface area (Å²) < 4.78 is 129. The van der Waals surface area contributed by atoms with Crippen LogP contribution >= 0.6 is 0 Å². The van der Waals surface area contributed by atoms with Crippen molar-refractivity contribution >= 4 is 70.2 Å². The molecule has 0 bridgehead atoms. The molecule has 0 aliphatic heterocycles. The Kier molecular flexibility index (Phi) is 33.6. The quantitative estimate of drug-likeness (QED) is 0.0112. The van der Waals surface area contributed by atoms with Crippen molar-refractivity contribution in [3.63, 3.8) is 0 Å². The Morgan fingerprint density at radius 1 is 0.625 bits per heavy atom. The Bertz CT molecular complexity index is 2690. The van der Waals surface area contributed by atoms with Gasteiger partial charge in [-0.2, -0.15) is 33.7 Å². The van der Waals surface area contributed by atoms with Crippen molar-refractivity contribution in [1.82, 2.24) is 10.6 Å². The van der Waals surface area contributed by atoms with Gasteiger partial charge in [0.1, 0.15) is 12.1 Å². The van der Waals surface area contributed by atoms with Gasteiger partial charge in [-0.25, -0.2) is 4.79 Å². The van der Waals surface area contributed by atoms with Crippen molar-refractivity contribution in [2.24, 2.45) is 16.6 Å². The second-order valence-corrected chi connectivity index (χ2v) is 24.3. The molecule has 26 heteroatoms. The normalized spacial score (nSPS) is 14.0. The molecule has 446 valence electrons. The molecule has 5 rings (SSSR count). The molecule has 0 heterocycles. The van der Waals surface area contributed by atoms with Gasteiger partial charge in [-0.15, -0.1) is 0 Å². The number of rotatable bonds is 23. The Morgan fingerprint density at radius 2 is 1.00 bits per heavy atom. The summed E-state index contributed by atoms with van der Waals surface area (Å²) in [5.41, 5.74) is 10.9. The Labute approximate surface area is 472 Å². The molecule has 0 spiro atoms. The van der Waals surface area contributed by atoms with Gasteiger partial charge in [-0.05, 0) is 167 Å². The van der Waals surface area contributed by atoms with Crippen LogP contribution < -0.4 is 16.4 Å². The molecule has 4 aromatic rings. The summed E-state index contributed by atoms with van der Waals surface area (Å²) in [7, 11) is -16.1. The molecular formula is C54H80N6O16S4. The first-order valence-corrected chi connectivity index (χ1v) is 31.4. The van der Waals surface area contributed by atoms with Crippen LogP contribution in [0.1, 0.15) is 107 Å². The minimum Gasteiger partial charge on any atom is -0.465 e. The number of aliphatic imine (C=N–C) groups is 1. The fourth-order valence-electron chi connectivity index (χ4n) is 7.04. The van der Waals surface area contributed by atoms with Gasteiger partial charge >= 0.3 is 11.9 Å². The van der Waals surface area contributed by atoms with Crippen LogP contribution in [-0.4, -0.2) is 127 Å². The first kappa shape index (κ1) is 72.2. The minimum absolute atomic E-state index is 0.0666. The van der Waals surface area contributed by atoms with E-state index in [9.17, 15) is 43.3 Å². The van der Waals surface area contributed by atoms with Gasteiger partial charge in [0.2, 0.25) is 0 Å². The minimum atomic E-state index is -4.02. The van der Waals surface area contributed by atoms with E-state index < -0.39 is 52.6 Å². The fourth-order valence-corrected chi connectivity index (χ4v) is 8.96. The number of hydrogen-bond acceptors (Lipinski definition) is 17. The molecule has 4 aromatic carbocycles. The molecule has 80 heavy (non-hydrogen) atoms. The fraction of sp³-hybridized carbons (Fsp3) is 0.463. The lowest BCUT2D eigenvalue weighted by molar-refractivity contribution is -0.146. The molecule has 1 aliphatic rings. The lowest BCUT2D eigenvalue weighted by Crippen LogP contribution is -2.33. The van der Waals surface area contributed by atoms with E-state index in [0.717, 1.165) is 98.8 Å². The zero-order chi connectivity index (χ0) is 60.5. The van der Waals surface area contributed by atoms with E-state index in [1.54, 1.807) is 55.5 Å². The van der Waals surface area contributed by atoms with Crippen LogP contribution in [0.4, 0.5) is 0 Å². The van der Waals surface area contributed by atoms with Gasteiger partial charge in [-0.3, -0.25) is 33.4 Å². The molecule has 1 aliphatic carbocycles. The molecule has 2 atom stereocenters. The summed E-state index contributed by atoms with van der Waals surface area (Å²) in [6.45, 7) is 13.7. The van der Waals surface area contributed by atoms with Crippen LogP contribution in [0.5, 0.6) is 0 Å². The maximum atomic E-state index is 12.4. The van der Waals surface area contributed by atoms with E-state index in [2.05, 4.69) is 10.6 Å². The van der Waals surface area contributed by atoms with Crippen LogP contribution in [0.25, 0.3) is 0 Å². The second-order valence-electron chi connectivity index (χ2n) is 18.6. The number of esters is 2. The monoisotopic (exact) mass is 1200 g/mol. The van der Waals surface area contributed by atoms with Gasteiger partial charge in [0, 0.05) is 25.0 Å². The topological polar surface area (TPSA) is 380 Å². The third kappa shape index (κ3) is 33.1. The standard InChI is InChI=1S/C26H48N6O4.4C7H8O3S/c1-3-35-26(34)24(9-5-7-17-31-20(2)28)32-22-12-10-21(11-13-22)14-19-36-25(33)23(29)8-4-6-16-30-18-15-27;4*1-6-2-4-7(5-3-6)11(8,9)10/h15,21,23-24,27,30H,3-14,16-19,29H2,1-2H3,(H2,28,31);4*2-5H,1H3,(H,8,9,10). The van der Waals surface area contributed by atoms with Gasteiger partial charge in [-0.1, -0.05) is 77.2 Å². The SMILES string of the molecule is CCOC(=O)C(CCCCNC(C)=N)N=C1CCC(CCOC(=O)C(N)CCCCNCC=N)CC1.Cc1ccc(S(=O)(=O)O)cc1.Cc1ccc(S(=O)(=O)O)cc1.Cc1ccc(S(=O)(=O)O)cc1.Cc1ccc(S(=O)(=O)O)cc1. The summed E-state index contributed by atoms with van der Waals surface area (Å²) in [4.78, 5) is 29.0. The number of benzene rings is 4. The zero-order valence-corrected chi connectivity index (χ0v) is 49.5. The third-order valence-electron chi connectivity index (χ3n) is 11.6. The molecule has 22 nitrogen and oxygen atoms in total. The van der Waals surface area contributed by atoms with Crippen LogP contribution in [0, 0.1) is 44.4 Å². The molecule has 0 aromatic heterocycles. The number of hydrogen-bond donors (Lipinski definition) is 9. The molecule has 2 unspecified atom stereocenters. The number of amidine groups is 1. The Morgan fingerprint density at radius 3 is 1.35 bits per heavy atom. The smallest absolute Gasteiger partial charge is 0.330 e. The molecule has 1 saturated carbocycles. The number of nitrogens with zero attached hydrogens (tertiary/aromatic N) is 1. The van der Waals surface area contributed by atoms with Crippen molar-refractivity contribution < 1.29 is 70.9 Å². The van der Waals surface area contributed by atoms with Gasteiger partial charge in [0.15, 0.2) is 0 Å². The summed E-state index contributed by atoms with van der Waals surface area (Å²) in [5.74, 6) is 0.341. The maximum absolute atomic E-state index is 12.4. The number of nitrogens with one attached hydrogen (secondary N) is 4. The highest BCUT2D eigenvalue weighted by Gasteiger charge is 2.24. The predicted octanol–water partition coefficient (Wildman–Crippen LogP) is 7.94. The Balaban J connectivity index is 0.000000582. The largest absolute Gasteiger partial charge is 0.465 e. The van der Waals surface area contributed by atoms with Crippen molar-refractivity contribution in [2.75, 3.05) is 32.8 Å². The molecule has 0 saturated heterocycles. The van der Waals surface area contributed by atoms with E-state index >= 15 is 0 Å². The summed E-state index contributed by atoms with van der Waals surface area (Å²) in [6.07, 6.45) is 10.6. The van der Waals surface area contributed by atoms with Gasteiger partial charge in [0.25, 0.3) is 40.5 Å². The molecule has 0 amide bonds. The number of ether oxygens (including phenoxy) is 2. The predicted molar refractivity (Wildman–Crippen MR) is 308 cm³/mol. The van der Waals surface area contributed by atoms with Crippen LogP contribution in [0.2, 0.25) is 0 Å². The summed E-state index contributed by atoms with van der Waals surface area (Å²) in [6, 6.07) is 22.9. The first-order valence-electron chi connectivity index (χ1n) is 25.7. The average molecular weight is 1200 g/mol. The van der Waals surface area contributed by atoms with Crippen molar-refractivity contribution in [2.45, 2.75) is 144 Å². The Hall–Kier alpha value is -5.81. The van der Waals surface area contributed by atoms with Crippen molar-refractivity contribution in [1.29, 1.82) is 10.8 Å². The van der Waals surface area contributed by atoms with Gasteiger partial charge < -0.3 is 31.3 Å². The summed E-state index contributed by atoms with van der Waals surface area (Å²) >= 11 is 0. The van der Waals surface area contributed by atoms with Crippen LogP contribution in [-0.2, 0) is 59.5 Å². The summed E-state index contributed by atoms with van der Waals surface area (Å²) in [5, 5.41) is 20.5. The highest BCUT2D eigenvalue weighted by Crippen LogP contribution is 2.26. The van der Waals surface area contributed by atoms with Gasteiger partial charge in [0.05, 0.1) is 38.6 Å². The van der Waals surface area contributed by atoms with E-state index in [4.69, 9.17) is 49.2 Å². The zero-order valence-electron chi connectivity index (χ0n) is 46.2. The molecule has 10 N–H and O–H groups in total.